The van der Waals surface area contributed by atoms with Gasteiger partial charge in [0.2, 0.25) is 5.91 Å². The molecule has 0 spiro atoms. The quantitative estimate of drug-likeness (QED) is 0.209. The number of hydrogen-bond donors (Lipinski definition) is 4. The Bertz CT molecular complexity index is 489. The molecular weight excluding hydrogens is 395 g/mol. The first-order chi connectivity index (χ1) is 12.5. The van der Waals surface area contributed by atoms with E-state index < -0.39 is 23.1 Å². The van der Waals surface area contributed by atoms with E-state index >= 15 is 0 Å². The van der Waals surface area contributed by atoms with Gasteiger partial charge < -0.3 is 30.3 Å². The number of carbonyl (C=O) groups excluding carboxylic acids is 1. The van der Waals surface area contributed by atoms with Crippen molar-refractivity contribution in [2.45, 2.75) is 38.9 Å². The van der Waals surface area contributed by atoms with Gasteiger partial charge in [0.1, 0.15) is 6.61 Å². The van der Waals surface area contributed by atoms with E-state index in [2.05, 4.69) is 10.6 Å². The zero-order valence-electron chi connectivity index (χ0n) is 16.3. The van der Waals surface area contributed by atoms with Crippen LogP contribution >= 0.6 is 19.2 Å². The van der Waals surface area contributed by atoms with Gasteiger partial charge in [0.05, 0.1) is 6.61 Å². The van der Waals surface area contributed by atoms with Gasteiger partial charge in [-0.25, -0.2) is 9.59 Å². The SMILES string of the molecule is CC(C)(OCCNCCSPCCNC(=O)COC(C)(C)C(=O)O)C(=O)O. The zero-order valence-corrected chi connectivity index (χ0v) is 18.1. The molecule has 1 unspecified atom stereocenters. The van der Waals surface area contributed by atoms with Crippen LogP contribution in [0.4, 0.5) is 0 Å². The predicted octanol–water partition coefficient (Wildman–Crippen LogP) is 0.779. The summed E-state index contributed by atoms with van der Waals surface area (Å²) in [6.45, 7) is 7.78. The summed E-state index contributed by atoms with van der Waals surface area (Å²) >= 11 is 1.77. The largest absolute Gasteiger partial charge is 0.479 e. The van der Waals surface area contributed by atoms with Gasteiger partial charge in [0.15, 0.2) is 11.2 Å². The number of carboxylic acid groups (broad SMARTS) is 2. The summed E-state index contributed by atoms with van der Waals surface area (Å²) in [6.07, 6.45) is 0.828. The number of rotatable bonds is 16. The van der Waals surface area contributed by atoms with Crippen LogP contribution in [0.3, 0.4) is 0 Å². The lowest BCUT2D eigenvalue weighted by atomic mass is 10.1. The van der Waals surface area contributed by atoms with Crippen molar-refractivity contribution in [3.05, 3.63) is 0 Å². The zero-order chi connectivity index (χ0) is 20.9. The van der Waals surface area contributed by atoms with E-state index in [0.717, 1.165) is 18.5 Å². The molecule has 0 rings (SSSR count). The van der Waals surface area contributed by atoms with Gasteiger partial charge in [-0.2, -0.15) is 0 Å². The normalized spacial score (nSPS) is 12.4. The molecule has 11 heteroatoms. The molecule has 0 saturated carbocycles. The molecule has 0 aliphatic heterocycles. The average molecular weight is 426 g/mol. The van der Waals surface area contributed by atoms with Crippen molar-refractivity contribution in [1.29, 1.82) is 0 Å². The number of nitrogens with one attached hydrogen (secondary N) is 2. The van der Waals surface area contributed by atoms with Crippen molar-refractivity contribution < 1.29 is 34.1 Å². The van der Waals surface area contributed by atoms with Gasteiger partial charge in [0.25, 0.3) is 0 Å². The third kappa shape index (κ3) is 13.0. The monoisotopic (exact) mass is 426 g/mol. The molecule has 9 nitrogen and oxygen atoms in total. The minimum Gasteiger partial charge on any atom is -0.479 e. The van der Waals surface area contributed by atoms with E-state index in [1.165, 1.54) is 27.7 Å². The van der Waals surface area contributed by atoms with Crippen LogP contribution in [0.25, 0.3) is 0 Å². The van der Waals surface area contributed by atoms with Crippen molar-refractivity contribution in [2.75, 3.05) is 44.8 Å². The third-order valence-electron chi connectivity index (χ3n) is 3.37. The molecular formula is C16H31N2O7PS. The molecule has 0 aliphatic carbocycles. The Balaban J connectivity index is 3.49. The van der Waals surface area contributed by atoms with Crippen LogP contribution in [-0.2, 0) is 23.9 Å². The summed E-state index contributed by atoms with van der Waals surface area (Å²) in [5.74, 6) is -1.52. The lowest BCUT2D eigenvalue weighted by Crippen LogP contribution is -2.39. The minimum atomic E-state index is -1.38. The van der Waals surface area contributed by atoms with Crippen LogP contribution in [0, 0.1) is 0 Å². The van der Waals surface area contributed by atoms with Crippen LogP contribution in [0.15, 0.2) is 0 Å². The second kappa shape index (κ2) is 13.3. The van der Waals surface area contributed by atoms with Crippen molar-refractivity contribution in [2.24, 2.45) is 0 Å². The smallest absolute Gasteiger partial charge is 0.335 e. The minimum absolute atomic E-state index is 0.278. The fraction of sp³-hybridized carbons (Fsp3) is 0.812. The molecule has 0 aliphatic rings. The Labute approximate surface area is 165 Å². The predicted molar refractivity (Wildman–Crippen MR) is 107 cm³/mol. The fourth-order valence-electron chi connectivity index (χ4n) is 1.44. The molecule has 0 radical (unpaired) electrons. The van der Waals surface area contributed by atoms with Crippen LogP contribution in [0.1, 0.15) is 27.7 Å². The maximum atomic E-state index is 11.6. The van der Waals surface area contributed by atoms with E-state index in [1.807, 2.05) is 0 Å². The van der Waals surface area contributed by atoms with Crippen molar-refractivity contribution in [3.63, 3.8) is 0 Å². The molecule has 0 heterocycles. The molecule has 0 aromatic heterocycles. The Morgan fingerprint density at radius 2 is 1.56 bits per heavy atom. The number of carboxylic acids is 2. The first-order valence-electron chi connectivity index (χ1n) is 8.56. The second-order valence-corrected chi connectivity index (χ2v) is 9.83. The highest BCUT2D eigenvalue weighted by atomic mass is 32.7. The summed E-state index contributed by atoms with van der Waals surface area (Å²) in [6, 6.07) is 0. The van der Waals surface area contributed by atoms with E-state index in [9.17, 15) is 14.4 Å². The molecule has 0 aromatic rings. The number of aliphatic carboxylic acids is 2. The maximum Gasteiger partial charge on any atom is 0.335 e. The van der Waals surface area contributed by atoms with Crippen molar-refractivity contribution in [3.8, 4) is 0 Å². The molecule has 0 bridgehead atoms. The molecule has 0 saturated heterocycles. The van der Waals surface area contributed by atoms with E-state index in [-0.39, 0.29) is 12.5 Å². The maximum absolute atomic E-state index is 11.6. The van der Waals surface area contributed by atoms with Crippen LogP contribution in [0.2, 0.25) is 0 Å². The first kappa shape index (κ1) is 26.1. The fourth-order valence-corrected chi connectivity index (χ4v) is 3.68. The molecule has 1 amide bonds. The summed E-state index contributed by atoms with van der Waals surface area (Å²) < 4.78 is 10.3. The standard InChI is InChI=1S/C16H31N2O7PS/c1-15(2,13(20)21)24-8-5-17-7-10-27-26-9-6-18-12(19)11-25-16(3,4)14(22)23/h17,26H,5-11H2,1-4H3,(H,18,19)(H,20,21)(H,22,23). The summed E-state index contributed by atoms with van der Waals surface area (Å²) in [5.41, 5.74) is -2.55. The van der Waals surface area contributed by atoms with Gasteiger partial charge in [-0.15, -0.1) is 11.4 Å². The number of amides is 1. The highest BCUT2D eigenvalue weighted by Crippen LogP contribution is 2.27. The van der Waals surface area contributed by atoms with Crippen LogP contribution < -0.4 is 10.6 Å². The second-order valence-electron chi connectivity index (χ2n) is 6.61. The average Bonchev–Trinajstić information content (AvgIpc) is 2.57. The Hall–Kier alpha value is -0.930. The van der Waals surface area contributed by atoms with E-state index in [4.69, 9.17) is 19.7 Å². The Morgan fingerprint density at radius 3 is 2.15 bits per heavy atom. The first-order valence-corrected chi connectivity index (χ1v) is 11.5. The topological polar surface area (TPSA) is 134 Å². The number of ether oxygens (including phenoxy) is 2. The van der Waals surface area contributed by atoms with E-state index in [1.54, 1.807) is 11.4 Å². The van der Waals surface area contributed by atoms with Gasteiger partial charge in [-0.05, 0) is 33.9 Å². The third-order valence-corrected chi connectivity index (χ3v) is 6.27. The summed E-state index contributed by atoms with van der Waals surface area (Å²) in [5, 5.41) is 23.7. The van der Waals surface area contributed by atoms with Crippen molar-refractivity contribution in [1.82, 2.24) is 10.6 Å². The van der Waals surface area contributed by atoms with E-state index in [0.29, 0.717) is 27.5 Å². The summed E-state index contributed by atoms with van der Waals surface area (Å²) in [4.78, 5) is 33.3. The molecule has 1 atom stereocenters. The lowest BCUT2D eigenvalue weighted by molar-refractivity contribution is -0.163. The molecule has 0 fully saturated rings. The van der Waals surface area contributed by atoms with Crippen LogP contribution in [0.5, 0.6) is 0 Å². The Morgan fingerprint density at radius 1 is 0.963 bits per heavy atom. The summed E-state index contributed by atoms with van der Waals surface area (Å²) in [7, 11) is 0.637. The van der Waals surface area contributed by atoms with Gasteiger partial charge in [-0.1, -0.05) is 7.78 Å². The number of carbonyl (C=O) groups is 3. The number of hydrogen-bond acceptors (Lipinski definition) is 7. The highest BCUT2D eigenvalue weighted by molar-refractivity contribution is 8.49. The van der Waals surface area contributed by atoms with Gasteiger partial charge in [0, 0.05) is 25.4 Å². The molecule has 158 valence electrons. The highest BCUT2D eigenvalue weighted by Gasteiger charge is 2.28. The Kier molecular flexibility index (Phi) is 12.8. The molecule has 27 heavy (non-hydrogen) atoms. The van der Waals surface area contributed by atoms with Gasteiger partial charge >= 0.3 is 11.9 Å². The molecule has 4 N–H and O–H groups in total. The van der Waals surface area contributed by atoms with Crippen LogP contribution in [-0.4, -0.2) is 84.0 Å². The van der Waals surface area contributed by atoms with Crippen molar-refractivity contribution >= 4 is 37.0 Å². The lowest BCUT2D eigenvalue weighted by Gasteiger charge is -2.20. The molecule has 0 aromatic carbocycles. The van der Waals surface area contributed by atoms with Gasteiger partial charge in [-0.3, -0.25) is 4.79 Å².